The van der Waals surface area contributed by atoms with Crippen LogP contribution in [0, 0.1) is 5.92 Å². The minimum absolute atomic E-state index is 0.0389. The SMILES string of the molecule is O=C(OCCCCCCCl)C1CCCCC1. The van der Waals surface area contributed by atoms with Gasteiger partial charge < -0.3 is 4.74 Å². The summed E-state index contributed by atoms with van der Waals surface area (Å²) in [5, 5.41) is 0. The Labute approximate surface area is 104 Å². The van der Waals surface area contributed by atoms with Crippen LogP contribution in [-0.2, 0) is 9.53 Å². The number of ether oxygens (including phenoxy) is 1. The highest BCUT2D eigenvalue weighted by Gasteiger charge is 2.21. The van der Waals surface area contributed by atoms with Crippen LogP contribution in [0.2, 0.25) is 0 Å². The minimum Gasteiger partial charge on any atom is -0.465 e. The summed E-state index contributed by atoms with van der Waals surface area (Å²) in [6.45, 7) is 0.595. The van der Waals surface area contributed by atoms with Crippen molar-refractivity contribution in [2.24, 2.45) is 5.92 Å². The second kappa shape index (κ2) is 8.86. The van der Waals surface area contributed by atoms with Crippen LogP contribution in [0.3, 0.4) is 0 Å². The monoisotopic (exact) mass is 246 g/mol. The fourth-order valence-electron chi connectivity index (χ4n) is 2.18. The second-order valence-electron chi connectivity index (χ2n) is 4.61. The highest BCUT2D eigenvalue weighted by Crippen LogP contribution is 2.24. The second-order valence-corrected chi connectivity index (χ2v) is 4.98. The first-order valence-corrected chi connectivity index (χ1v) is 7.10. The molecule has 0 amide bonds. The number of hydrogen-bond donors (Lipinski definition) is 0. The van der Waals surface area contributed by atoms with E-state index in [4.69, 9.17) is 16.3 Å². The molecule has 16 heavy (non-hydrogen) atoms. The van der Waals surface area contributed by atoms with Crippen molar-refractivity contribution in [1.29, 1.82) is 0 Å². The molecule has 94 valence electrons. The molecular weight excluding hydrogens is 224 g/mol. The molecule has 1 aliphatic carbocycles. The Bertz CT molecular complexity index is 188. The maximum atomic E-state index is 11.6. The van der Waals surface area contributed by atoms with Crippen molar-refractivity contribution in [2.45, 2.75) is 57.8 Å². The Morgan fingerprint density at radius 1 is 1.06 bits per heavy atom. The lowest BCUT2D eigenvalue weighted by Crippen LogP contribution is -2.20. The first-order chi connectivity index (χ1) is 7.84. The number of hydrogen-bond acceptors (Lipinski definition) is 2. The summed E-state index contributed by atoms with van der Waals surface area (Å²) in [7, 11) is 0. The van der Waals surface area contributed by atoms with E-state index in [1.807, 2.05) is 0 Å². The van der Waals surface area contributed by atoms with E-state index in [0.717, 1.165) is 44.4 Å². The topological polar surface area (TPSA) is 26.3 Å². The van der Waals surface area contributed by atoms with Gasteiger partial charge in [0.25, 0.3) is 0 Å². The lowest BCUT2D eigenvalue weighted by Gasteiger charge is -2.19. The van der Waals surface area contributed by atoms with Crippen LogP contribution in [0.1, 0.15) is 57.8 Å². The van der Waals surface area contributed by atoms with E-state index in [-0.39, 0.29) is 11.9 Å². The number of halogens is 1. The van der Waals surface area contributed by atoms with Crippen LogP contribution in [0.15, 0.2) is 0 Å². The number of unbranched alkanes of at least 4 members (excludes halogenated alkanes) is 3. The third-order valence-corrected chi connectivity index (χ3v) is 3.48. The molecule has 0 N–H and O–H groups in total. The van der Waals surface area contributed by atoms with Crippen molar-refractivity contribution >= 4 is 17.6 Å². The Balaban J connectivity index is 1.97. The molecule has 3 heteroatoms. The maximum Gasteiger partial charge on any atom is 0.308 e. The third kappa shape index (κ3) is 5.74. The van der Waals surface area contributed by atoms with Gasteiger partial charge >= 0.3 is 5.97 Å². The summed E-state index contributed by atoms with van der Waals surface area (Å²) in [5.41, 5.74) is 0. The molecule has 0 unspecified atom stereocenters. The van der Waals surface area contributed by atoms with Gasteiger partial charge in [0.05, 0.1) is 12.5 Å². The molecule has 1 saturated carbocycles. The van der Waals surface area contributed by atoms with Crippen molar-refractivity contribution in [1.82, 2.24) is 0 Å². The van der Waals surface area contributed by atoms with Gasteiger partial charge in [0.2, 0.25) is 0 Å². The summed E-state index contributed by atoms with van der Waals surface area (Å²) in [4.78, 5) is 11.6. The first kappa shape index (κ1) is 13.8. The Kier molecular flexibility index (Phi) is 7.65. The van der Waals surface area contributed by atoms with Gasteiger partial charge in [-0.05, 0) is 25.7 Å². The average Bonchev–Trinajstić information content (AvgIpc) is 2.34. The van der Waals surface area contributed by atoms with Crippen molar-refractivity contribution in [2.75, 3.05) is 12.5 Å². The third-order valence-electron chi connectivity index (χ3n) is 3.21. The zero-order valence-electron chi connectivity index (χ0n) is 10.0. The summed E-state index contributed by atoms with van der Waals surface area (Å²) in [6, 6.07) is 0. The van der Waals surface area contributed by atoms with Gasteiger partial charge in [-0.3, -0.25) is 4.79 Å². The molecule has 0 aromatic rings. The largest absolute Gasteiger partial charge is 0.465 e. The van der Waals surface area contributed by atoms with Crippen LogP contribution in [0.5, 0.6) is 0 Å². The van der Waals surface area contributed by atoms with Crippen molar-refractivity contribution in [3.63, 3.8) is 0 Å². The molecule has 1 rings (SSSR count). The average molecular weight is 247 g/mol. The molecule has 0 atom stereocenters. The van der Waals surface area contributed by atoms with Gasteiger partial charge in [-0.25, -0.2) is 0 Å². The summed E-state index contributed by atoms with van der Waals surface area (Å²) >= 11 is 5.58. The fraction of sp³-hybridized carbons (Fsp3) is 0.923. The highest BCUT2D eigenvalue weighted by atomic mass is 35.5. The maximum absolute atomic E-state index is 11.6. The predicted octanol–water partition coefficient (Wildman–Crippen LogP) is 3.91. The highest BCUT2D eigenvalue weighted by molar-refractivity contribution is 6.17. The van der Waals surface area contributed by atoms with E-state index < -0.39 is 0 Å². The first-order valence-electron chi connectivity index (χ1n) is 6.57. The van der Waals surface area contributed by atoms with Gasteiger partial charge in [0.1, 0.15) is 0 Å². The Morgan fingerprint density at radius 3 is 2.44 bits per heavy atom. The molecule has 0 heterocycles. The van der Waals surface area contributed by atoms with Crippen LogP contribution in [0.4, 0.5) is 0 Å². The van der Waals surface area contributed by atoms with Crippen LogP contribution in [-0.4, -0.2) is 18.5 Å². The van der Waals surface area contributed by atoms with Gasteiger partial charge in [0, 0.05) is 5.88 Å². The standard InChI is InChI=1S/C13H23ClO2/c14-10-6-1-2-7-11-16-13(15)12-8-4-3-5-9-12/h12H,1-11H2. The molecular formula is C13H23ClO2. The van der Waals surface area contributed by atoms with Gasteiger partial charge in [-0.1, -0.05) is 32.1 Å². The molecule has 1 aliphatic rings. The van der Waals surface area contributed by atoms with E-state index >= 15 is 0 Å². The lowest BCUT2D eigenvalue weighted by atomic mass is 9.89. The van der Waals surface area contributed by atoms with Gasteiger partial charge in [-0.2, -0.15) is 0 Å². The summed E-state index contributed by atoms with van der Waals surface area (Å²) in [5.74, 6) is 0.968. The molecule has 0 saturated heterocycles. The molecule has 1 fully saturated rings. The molecule has 0 aliphatic heterocycles. The zero-order valence-corrected chi connectivity index (χ0v) is 10.8. The molecule has 0 spiro atoms. The molecule has 0 radical (unpaired) electrons. The number of carbonyl (C=O) groups is 1. The minimum atomic E-state index is 0.0389. The molecule has 0 aromatic heterocycles. The smallest absolute Gasteiger partial charge is 0.308 e. The van der Waals surface area contributed by atoms with Crippen LogP contribution < -0.4 is 0 Å². The normalized spacial score (nSPS) is 17.3. The predicted molar refractivity (Wildman–Crippen MR) is 66.7 cm³/mol. The molecule has 2 nitrogen and oxygen atoms in total. The van der Waals surface area contributed by atoms with Crippen molar-refractivity contribution in [3.8, 4) is 0 Å². The number of alkyl halides is 1. The van der Waals surface area contributed by atoms with E-state index in [9.17, 15) is 4.79 Å². The van der Waals surface area contributed by atoms with Gasteiger partial charge in [-0.15, -0.1) is 11.6 Å². The van der Waals surface area contributed by atoms with E-state index in [1.165, 1.54) is 19.3 Å². The number of rotatable bonds is 7. The quantitative estimate of drug-likeness (QED) is 0.387. The number of esters is 1. The van der Waals surface area contributed by atoms with Crippen LogP contribution in [0.25, 0.3) is 0 Å². The fourth-order valence-corrected chi connectivity index (χ4v) is 2.37. The van der Waals surface area contributed by atoms with E-state index in [2.05, 4.69) is 0 Å². The molecule has 0 bridgehead atoms. The summed E-state index contributed by atoms with van der Waals surface area (Å²) in [6.07, 6.45) is 10.0. The summed E-state index contributed by atoms with van der Waals surface area (Å²) < 4.78 is 5.29. The van der Waals surface area contributed by atoms with Crippen LogP contribution >= 0.6 is 11.6 Å². The van der Waals surface area contributed by atoms with Crippen molar-refractivity contribution < 1.29 is 9.53 Å². The Morgan fingerprint density at radius 2 is 1.75 bits per heavy atom. The number of carbonyl (C=O) groups excluding carboxylic acids is 1. The Hall–Kier alpha value is -0.240. The van der Waals surface area contributed by atoms with Crippen molar-refractivity contribution in [3.05, 3.63) is 0 Å². The molecule has 0 aromatic carbocycles. The van der Waals surface area contributed by atoms with Gasteiger partial charge in [0.15, 0.2) is 0 Å². The lowest BCUT2D eigenvalue weighted by molar-refractivity contribution is -0.149. The van der Waals surface area contributed by atoms with E-state index in [0.29, 0.717) is 6.61 Å². The zero-order chi connectivity index (χ0) is 11.6. The van der Waals surface area contributed by atoms with E-state index in [1.54, 1.807) is 0 Å².